The van der Waals surface area contributed by atoms with E-state index in [9.17, 15) is 9.59 Å². The van der Waals surface area contributed by atoms with Gasteiger partial charge in [0, 0.05) is 0 Å². The van der Waals surface area contributed by atoms with E-state index in [4.69, 9.17) is 10.2 Å². The molecule has 0 heterocycles. The third-order valence-electron chi connectivity index (χ3n) is 1.47. The Morgan fingerprint density at radius 1 is 1.27 bits per heavy atom. The minimum absolute atomic E-state index is 0.919. The predicted octanol–water partition coefficient (Wildman–Crippen LogP) is -0.620. The topological polar surface area (TPSA) is 86.6 Å². The first kappa shape index (κ1) is 9.90. The summed E-state index contributed by atoms with van der Waals surface area (Å²) in [6.45, 7) is 1.34. The molecule has 0 spiro atoms. The number of carboxylic acids is 2. The largest absolute Gasteiger partial charge is 0.481 e. The molecule has 0 amide bonds. The van der Waals surface area contributed by atoms with Crippen LogP contribution in [0.4, 0.5) is 0 Å². The molecule has 0 bridgehead atoms. The SMILES string of the molecule is CNC(C(=O)O)C(C)C(=O)O. The minimum atomic E-state index is -1.15. The van der Waals surface area contributed by atoms with E-state index in [0.29, 0.717) is 0 Å². The number of carbonyl (C=O) groups is 2. The van der Waals surface area contributed by atoms with Crippen LogP contribution in [-0.2, 0) is 9.59 Å². The van der Waals surface area contributed by atoms with E-state index in [0.717, 1.165) is 0 Å². The van der Waals surface area contributed by atoms with Crippen molar-refractivity contribution in [1.29, 1.82) is 0 Å². The van der Waals surface area contributed by atoms with Gasteiger partial charge in [0.15, 0.2) is 0 Å². The molecule has 0 aliphatic rings. The number of likely N-dealkylation sites (N-methyl/N-ethyl adjacent to an activating group) is 1. The number of hydrogen-bond donors (Lipinski definition) is 3. The quantitative estimate of drug-likeness (QED) is 0.511. The van der Waals surface area contributed by atoms with Crippen molar-refractivity contribution < 1.29 is 19.8 Å². The summed E-state index contributed by atoms with van der Waals surface area (Å²) in [7, 11) is 1.41. The van der Waals surface area contributed by atoms with Crippen LogP contribution in [0.5, 0.6) is 0 Å². The lowest BCUT2D eigenvalue weighted by atomic mass is 10.0. The van der Waals surface area contributed by atoms with Crippen LogP contribution in [0.1, 0.15) is 6.92 Å². The van der Waals surface area contributed by atoms with Gasteiger partial charge in [0.25, 0.3) is 0 Å². The van der Waals surface area contributed by atoms with E-state index in [1.165, 1.54) is 14.0 Å². The zero-order valence-corrected chi connectivity index (χ0v) is 6.37. The van der Waals surface area contributed by atoms with Crippen LogP contribution >= 0.6 is 0 Å². The van der Waals surface area contributed by atoms with Crippen molar-refractivity contribution in [1.82, 2.24) is 5.32 Å². The Labute approximate surface area is 64.0 Å². The minimum Gasteiger partial charge on any atom is -0.481 e. The molecule has 2 unspecified atom stereocenters. The number of rotatable bonds is 4. The molecule has 0 rings (SSSR count). The molecule has 64 valence electrons. The average molecular weight is 161 g/mol. The van der Waals surface area contributed by atoms with Crippen LogP contribution in [0, 0.1) is 5.92 Å². The van der Waals surface area contributed by atoms with Crippen LogP contribution in [0.2, 0.25) is 0 Å². The zero-order chi connectivity index (χ0) is 9.02. The average Bonchev–Trinajstić information content (AvgIpc) is 1.88. The molecule has 0 radical (unpaired) electrons. The molecule has 5 nitrogen and oxygen atoms in total. The summed E-state index contributed by atoms with van der Waals surface area (Å²) in [6, 6.07) is -1.02. The van der Waals surface area contributed by atoms with Crippen molar-refractivity contribution in [3.63, 3.8) is 0 Å². The molecule has 5 heteroatoms. The van der Waals surface area contributed by atoms with Gasteiger partial charge in [0.1, 0.15) is 6.04 Å². The van der Waals surface area contributed by atoms with E-state index in [1.54, 1.807) is 0 Å². The number of nitrogens with one attached hydrogen (secondary N) is 1. The van der Waals surface area contributed by atoms with Crippen molar-refractivity contribution >= 4 is 11.9 Å². The van der Waals surface area contributed by atoms with E-state index in [1.807, 2.05) is 0 Å². The van der Waals surface area contributed by atoms with Crippen LogP contribution in [0.25, 0.3) is 0 Å². The highest BCUT2D eigenvalue weighted by molar-refractivity contribution is 5.82. The molecule has 11 heavy (non-hydrogen) atoms. The van der Waals surface area contributed by atoms with Gasteiger partial charge in [0.05, 0.1) is 5.92 Å². The van der Waals surface area contributed by atoms with Gasteiger partial charge in [-0.3, -0.25) is 9.59 Å². The maximum atomic E-state index is 10.4. The second-order valence-electron chi connectivity index (χ2n) is 2.23. The Bertz CT molecular complexity index is 168. The highest BCUT2D eigenvalue weighted by Gasteiger charge is 2.27. The molecule has 0 saturated heterocycles. The smallest absolute Gasteiger partial charge is 0.321 e. The highest BCUT2D eigenvalue weighted by atomic mass is 16.4. The van der Waals surface area contributed by atoms with Crippen molar-refractivity contribution in [2.45, 2.75) is 13.0 Å². The summed E-state index contributed by atoms with van der Waals surface area (Å²) >= 11 is 0. The van der Waals surface area contributed by atoms with Gasteiger partial charge < -0.3 is 15.5 Å². The maximum Gasteiger partial charge on any atom is 0.321 e. The molecule has 3 N–H and O–H groups in total. The molecule has 0 aliphatic carbocycles. The molecule has 0 aromatic heterocycles. The summed E-state index contributed by atoms with van der Waals surface area (Å²) in [5.41, 5.74) is 0. The predicted molar refractivity (Wildman–Crippen MR) is 37.3 cm³/mol. The zero-order valence-electron chi connectivity index (χ0n) is 6.37. The van der Waals surface area contributed by atoms with Crippen molar-refractivity contribution in [3.05, 3.63) is 0 Å². The second kappa shape index (κ2) is 3.92. The lowest BCUT2D eigenvalue weighted by Crippen LogP contribution is -2.42. The number of aliphatic carboxylic acids is 2. The summed E-state index contributed by atoms with van der Waals surface area (Å²) < 4.78 is 0. The third kappa shape index (κ3) is 2.55. The lowest BCUT2D eigenvalue weighted by molar-refractivity contribution is -0.150. The van der Waals surface area contributed by atoms with E-state index in [2.05, 4.69) is 5.32 Å². The lowest BCUT2D eigenvalue weighted by Gasteiger charge is -2.14. The van der Waals surface area contributed by atoms with Crippen molar-refractivity contribution in [2.75, 3.05) is 7.05 Å². The van der Waals surface area contributed by atoms with E-state index >= 15 is 0 Å². The normalized spacial score (nSPS) is 15.5. The van der Waals surface area contributed by atoms with Gasteiger partial charge in [-0.15, -0.1) is 0 Å². The summed E-state index contributed by atoms with van der Waals surface area (Å²) in [6.07, 6.45) is 0. The van der Waals surface area contributed by atoms with Crippen LogP contribution < -0.4 is 5.32 Å². The van der Waals surface area contributed by atoms with Gasteiger partial charge in [-0.2, -0.15) is 0 Å². The highest BCUT2D eigenvalue weighted by Crippen LogP contribution is 2.02. The van der Waals surface area contributed by atoms with Crippen LogP contribution in [0.15, 0.2) is 0 Å². The Morgan fingerprint density at radius 2 is 1.73 bits per heavy atom. The second-order valence-corrected chi connectivity index (χ2v) is 2.23. The standard InChI is InChI=1S/C6H11NO4/c1-3(5(8)9)4(7-2)6(10)11/h3-4,7H,1-2H3,(H,8,9)(H,10,11). The first-order valence-corrected chi connectivity index (χ1v) is 3.13. The number of carboxylic acid groups (broad SMARTS) is 2. The van der Waals surface area contributed by atoms with Gasteiger partial charge in [-0.25, -0.2) is 0 Å². The summed E-state index contributed by atoms with van der Waals surface area (Å²) in [5.74, 6) is -3.19. The Hall–Kier alpha value is -1.10. The third-order valence-corrected chi connectivity index (χ3v) is 1.47. The molecule has 0 saturated carbocycles. The summed E-state index contributed by atoms with van der Waals surface area (Å²) in [5, 5.41) is 19.3. The van der Waals surface area contributed by atoms with E-state index in [-0.39, 0.29) is 0 Å². The number of hydrogen-bond acceptors (Lipinski definition) is 3. The van der Waals surface area contributed by atoms with Crippen LogP contribution in [-0.4, -0.2) is 35.2 Å². The first-order chi connectivity index (χ1) is 5.00. The molecule has 0 aliphatic heterocycles. The maximum absolute atomic E-state index is 10.4. The Kier molecular flexibility index (Phi) is 3.53. The molecule has 0 aromatic carbocycles. The molecular formula is C6H11NO4. The van der Waals surface area contributed by atoms with E-state index < -0.39 is 23.9 Å². The summed E-state index contributed by atoms with van der Waals surface area (Å²) in [4.78, 5) is 20.7. The van der Waals surface area contributed by atoms with Crippen molar-refractivity contribution in [3.8, 4) is 0 Å². The fraction of sp³-hybridized carbons (Fsp3) is 0.667. The Balaban J connectivity index is 4.25. The van der Waals surface area contributed by atoms with Crippen LogP contribution in [0.3, 0.4) is 0 Å². The van der Waals surface area contributed by atoms with Gasteiger partial charge in [-0.1, -0.05) is 0 Å². The van der Waals surface area contributed by atoms with Gasteiger partial charge in [0.2, 0.25) is 0 Å². The fourth-order valence-electron chi connectivity index (χ4n) is 0.730. The van der Waals surface area contributed by atoms with Gasteiger partial charge in [-0.05, 0) is 14.0 Å². The van der Waals surface area contributed by atoms with Gasteiger partial charge >= 0.3 is 11.9 Å². The Morgan fingerprint density at radius 3 is 1.82 bits per heavy atom. The fourth-order valence-corrected chi connectivity index (χ4v) is 0.730. The first-order valence-electron chi connectivity index (χ1n) is 3.13. The molecule has 0 aromatic rings. The van der Waals surface area contributed by atoms with Crippen molar-refractivity contribution in [2.24, 2.45) is 5.92 Å². The molecular weight excluding hydrogens is 150 g/mol. The molecule has 2 atom stereocenters. The molecule has 0 fully saturated rings. The monoisotopic (exact) mass is 161 g/mol.